The predicted octanol–water partition coefficient (Wildman–Crippen LogP) is -0.485. The number of rotatable bonds is 0. The third-order valence-electron chi connectivity index (χ3n) is 1.97. The topological polar surface area (TPSA) is 64.8 Å². The molecule has 1 aromatic rings. The first-order valence-corrected chi connectivity index (χ1v) is 5.50. The molecule has 1 aromatic heterocycles. The molecule has 0 bridgehead atoms. The lowest BCUT2D eigenvalue weighted by atomic mass is 10.4. The van der Waals surface area contributed by atoms with Crippen LogP contribution in [0.4, 0.5) is 0 Å². The fourth-order valence-electron chi connectivity index (χ4n) is 1.29. The van der Waals surface area contributed by atoms with Gasteiger partial charge in [-0.1, -0.05) is 0 Å². The Morgan fingerprint density at radius 1 is 1.42 bits per heavy atom. The average molecular weight is 187 g/mol. The van der Waals surface area contributed by atoms with Crippen LogP contribution in [0.2, 0.25) is 0 Å². The maximum Gasteiger partial charge on any atom is 0.169 e. The van der Waals surface area contributed by atoms with Crippen LogP contribution < -0.4 is 0 Å². The van der Waals surface area contributed by atoms with Crippen molar-refractivity contribution in [3.8, 4) is 0 Å². The van der Waals surface area contributed by atoms with Gasteiger partial charge in [-0.15, -0.1) is 10.2 Å². The fourth-order valence-corrected chi connectivity index (χ4v) is 2.64. The number of hydrogen-bond donors (Lipinski definition) is 0. The normalized spacial score (nSPS) is 20.4. The molecule has 2 rings (SSSR count). The first-order chi connectivity index (χ1) is 5.58. The van der Waals surface area contributed by atoms with Crippen molar-refractivity contribution in [2.75, 3.05) is 5.75 Å². The maximum atomic E-state index is 11.2. The average Bonchev–Trinajstić information content (AvgIpc) is 2.31. The highest BCUT2D eigenvalue weighted by Crippen LogP contribution is 2.12. The summed E-state index contributed by atoms with van der Waals surface area (Å²) in [7, 11) is -2.91. The van der Waals surface area contributed by atoms with Crippen molar-refractivity contribution in [1.82, 2.24) is 14.8 Å². The summed E-state index contributed by atoms with van der Waals surface area (Å²) in [5.41, 5.74) is 0. The monoisotopic (exact) mass is 187 g/mol. The first-order valence-electron chi connectivity index (χ1n) is 3.67. The molecule has 0 aromatic carbocycles. The van der Waals surface area contributed by atoms with E-state index in [1.807, 2.05) is 0 Å². The Bertz CT molecular complexity index is 406. The zero-order valence-electron chi connectivity index (χ0n) is 6.69. The van der Waals surface area contributed by atoms with E-state index in [2.05, 4.69) is 10.2 Å². The van der Waals surface area contributed by atoms with Gasteiger partial charge in [-0.2, -0.15) is 0 Å². The van der Waals surface area contributed by atoms with Crippen LogP contribution in [0.1, 0.15) is 11.6 Å². The van der Waals surface area contributed by atoms with Crippen LogP contribution in [0.25, 0.3) is 0 Å². The zero-order chi connectivity index (χ0) is 8.77. The lowest BCUT2D eigenvalue weighted by Crippen LogP contribution is -2.24. The fraction of sp³-hybridized carbons (Fsp3) is 0.667. The molecule has 0 saturated heterocycles. The van der Waals surface area contributed by atoms with Crippen LogP contribution in [0.15, 0.2) is 0 Å². The molecule has 0 fully saturated rings. The van der Waals surface area contributed by atoms with E-state index >= 15 is 0 Å². The summed E-state index contributed by atoms with van der Waals surface area (Å²) in [6.45, 7) is 1.76. The second kappa shape index (κ2) is 2.29. The molecule has 0 N–H and O–H groups in total. The summed E-state index contributed by atoms with van der Waals surface area (Å²) in [4.78, 5) is 0. The largest absolute Gasteiger partial charge is 0.300 e. The predicted molar refractivity (Wildman–Crippen MR) is 42.2 cm³/mol. The minimum atomic E-state index is -2.91. The van der Waals surface area contributed by atoms with E-state index in [1.165, 1.54) is 0 Å². The summed E-state index contributed by atoms with van der Waals surface area (Å²) < 4.78 is 24.0. The molecule has 0 saturated carbocycles. The second-order valence-corrected chi connectivity index (χ2v) is 5.07. The summed E-state index contributed by atoms with van der Waals surface area (Å²) in [6.07, 6.45) is 0.489. The molecule has 1 aliphatic rings. The van der Waals surface area contributed by atoms with E-state index in [0.29, 0.717) is 12.2 Å². The van der Waals surface area contributed by atoms with Gasteiger partial charge in [0, 0.05) is 6.42 Å². The number of fused-ring (bicyclic) bond motifs is 1. The molecule has 1 aliphatic heterocycles. The number of aromatic nitrogens is 3. The van der Waals surface area contributed by atoms with Crippen LogP contribution in [0.3, 0.4) is 0 Å². The summed E-state index contributed by atoms with van der Waals surface area (Å²) in [6, 6.07) is 0. The highest BCUT2D eigenvalue weighted by molar-refractivity contribution is 7.90. The van der Waals surface area contributed by atoms with Crippen LogP contribution in [-0.2, 0) is 22.1 Å². The highest BCUT2D eigenvalue weighted by atomic mass is 32.2. The Balaban J connectivity index is 2.52. The third kappa shape index (κ3) is 1.12. The van der Waals surface area contributed by atoms with E-state index in [0.717, 1.165) is 5.82 Å². The van der Waals surface area contributed by atoms with Gasteiger partial charge in [0.2, 0.25) is 0 Å². The smallest absolute Gasteiger partial charge is 0.169 e. The van der Waals surface area contributed by atoms with Gasteiger partial charge in [0.05, 0.1) is 5.75 Å². The standard InChI is InChI=1S/C6H9N3O2S/c1-5-7-8-6-2-3-12(10,11)4-9(5)6/h2-4H2,1H3. The number of nitrogens with zero attached hydrogens (tertiary/aromatic N) is 3. The molecular weight excluding hydrogens is 178 g/mol. The minimum absolute atomic E-state index is 0.0428. The molecule has 12 heavy (non-hydrogen) atoms. The Hall–Kier alpha value is -0.910. The van der Waals surface area contributed by atoms with Gasteiger partial charge in [-0.25, -0.2) is 8.42 Å². The summed E-state index contributed by atoms with van der Waals surface area (Å²) in [5, 5.41) is 7.68. The van der Waals surface area contributed by atoms with Crippen molar-refractivity contribution in [1.29, 1.82) is 0 Å². The Morgan fingerprint density at radius 2 is 2.17 bits per heavy atom. The molecule has 0 spiro atoms. The molecule has 66 valence electrons. The molecule has 0 atom stereocenters. The first kappa shape index (κ1) is 7.72. The molecule has 0 radical (unpaired) electrons. The molecule has 0 aliphatic carbocycles. The quantitative estimate of drug-likeness (QED) is 0.550. The van der Waals surface area contributed by atoms with E-state index in [-0.39, 0.29) is 11.6 Å². The van der Waals surface area contributed by atoms with E-state index in [4.69, 9.17) is 0 Å². The van der Waals surface area contributed by atoms with Crippen molar-refractivity contribution < 1.29 is 8.42 Å². The summed E-state index contributed by atoms with van der Waals surface area (Å²) in [5.74, 6) is 1.70. The maximum absolute atomic E-state index is 11.2. The molecule has 0 unspecified atom stereocenters. The SMILES string of the molecule is Cc1nnc2n1CS(=O)(=O)CC2. The number of aryl methyl sites for hydroxylation is 2. The van der Waals surface area contributed by atoms with Gasteiger partial charge in [0.15, 0.2) is 9.84 Å². The summed E-state index contributed by atoms with van der Waals surface area (Å²) >= 11 is 0. The Morgan fingerprint density at radius 3 is 2.92 bits per heavy atom. The molecule has 0 amide bonds. The lowest BCUT2D eigenvalue weighted by Gasteiger charge is -2.13. The Labute approximate surface area is 70.3 Å². The van der Waals surface area contributed by atoms with E-state index in [9.17, 15) is 8.42 Å². The van der Waals surface area contributed by atoms with Gasteiger partial charge in [0.25, 0.3) is 0 Å². The minimum Gasteiger partial charge on any atom is -0.300 e. The third-order valence-corrected chi connectivity index (χ3v) is 3.45. The van der Waals surface area contributed by atoms with E-state index in [1.54, 1.807) is 11.5 Å². The van der Waals surface area contributed by atoms with Crippen molar-refractivity contribution in [2.24, 2.45) is 0 Å². The molecular formula is C6H9N3O2S. The lowest BCUT2D eigenvalue weighted by molar-refractivity contribution is 0.567. The van der Waals surface area contributed by atoms with Crippen molar-refractivity contribution in [3.05, 3.63) is 11.6 Å². The van der Waals surface area contributed by atoms with Gasteiger partial charge >= 0.3 is 0 Å². The van der Waals surface area contributed by atoms with Crippen molar-refractivity contribution >= 4 is 9.84 Å². The van der Waals surface area contributed by atoms with E-state index < -0.39 is 9.84 Å². The van der Waals surface area contributed by atoms with Gasteiger partial charge < -0.3 is 4.57 Å². The van der Waals surface area contributed by atoms with Gasteiger partial charge in [-0.3, -0.25) is 0 Å². The molecule has 5 nitrogen and oxygen atoms in total. The van der Waals surface area contributed by atoms with Gasteiger partial charge in [0.1, 0.15) is 17.5 Å². The van der Waals surface area contributed by atoms with Crippen LogP contribution in [0, 0.1) is 6.92 Å². The molecule has 6 heteroatoms. The second-order valence-electron chi connectivity index (χ2n) is 2.92. The van der Waals surface area contributed by atoms with Gasteiger partial charge in [-0.05, 0) is 6.92 Å². The van der Waals surface area contributed by atoms with Crippen molar-refractivity contribution in [2.45, 2.75) is 19.2 Å². The number of sulfone groups is 1. The zero-order valence-corrected chi connectivity index (χ0v) is 7.50. The number of hydrogen-bond acceptors (Lipinski definition) is 4. The highest BCUT2D eigenvalue weighted by Gasteiger charge is 2.23. The Kier molecular flexibility index (Phi) is 1.47. The van der Waals surface area contributed by atoms with Crippen molar-refractivity contribution in [3.63, 3.8) is 0 Å². The van der Waals surface area contributed by atoms with Crippen LogP contribution in [-0.4, -0.2) is 28.9 Å². The molecule has 2 heterocycles. The van der Waals surface area contributed by atoms with Crippen LogP contribution in [0.5, 0.6) is 0 Å². The van der Waals surface area contributed by atoms with Crippen LogP contribution >= 0.6 is 0 Å².